The van der Waals surface area contributed by atoms with E-state index >= 15 is 0 Å². The van der Waals surface area contributed by atoms with E-state index < -0.39 is 11.7 Å². The third-order valence-electron chi connectivity index (χ3n) is 4.61. The lowest BCUT2D eigenvalue weighted by Crippen LogP contribution is -2.53. The van der Waals surface area contributed by atoms with E-state index in [0.29, 0.717) is 11.8 Å². The molecule has 2 fully saturated rings. The number of piperidine rings is 1. The van der Waals surface area contributed by atoms with Gasteiger partial charge in [0.15, 0.2) is 5.75 Å². The molecular formula is C15H15F3N2O. The zero-order chi connectivity index (χ0) is 14.6. The molecule has 3 atom stereocenters. The Balaban J connectivity index is 1.64. The van der Waals surface area contributed by atoms with Crippen molar-refractivity contribution in [3.8, 4) is 5.75 Å². The molecule has 0 aromatic carbocycles. The summed E-state index contributed by atoms with van der Waals surface area (Å²) in [5, 5.41) is 0. The van der Waals surface area contributed by atoms with E-state index in [1.54, 1.807) is 0 Å². The van der Waals surface area contributed by atoms with Gasteiger partial charge in [-0.25, -0.2) is 0 Å². The zero-order valence-electron chi connectivity index (χ0n) is 11.3. The van der Waals surface area contributed by atoms with Crippen molar-refractivity contribution < 1.29 is 17.9 Å². The molecule has 0 amide bonds. The van der Waals surface area contributed by atoms with E-state index in [1.807, 2.05) is 0 Å². The summed E-state index contributed by atoms with van der Waals surface area (Å²) >= 11 is 0. The summed E-state index contributed by atoms with van der Waals surface area (Å²) in [5.41, 5.74) is 0.387. The van der Waals surface area contributed by atoms with Crippen LogP contribution in [-0.2, 0) is 6.18 Å². The van der Waals surface area contributed by atoms with Gasteiger partial charge in [-0.1, -0.05) is 0 Å². The van der Waals surface area contributed by atoms with Gasteiger partial charge in [0.25, 0.3) is 0 Å². The fourth-order valence-corrected chi connectivity index (χ4v) is 3.89. The first-order valence-corrected chi connectivity index (χ1v) is 7.13. The molecule has 112 valence electrons. The average molecular weight is 296 g/mol. The first kappa shape index (κ1) is 13.0. The Kier molecular flexibility index (Phi) is 2.71. The molecule has 2 unspecified atom stereocenters. The van der Waals surface area contributed by atoms with Gasteiger partial charge in [-0.2, -0.15) is 13.2 Å². The second-order valence-electron chi connectivity index (χ2n) is 6.13. The highest BCUT2D eigenvalue weighted by molar-refractivity contribution is 5.34. The zero-order valence-corrected chi connectivity index (χ0v) is 11.3. The van der Waals surface area contributed by atoms with Gasteiger partial charge in [-0.3, -0.25) is 4.98 Å². The summed E-state index contributed by atoms with van der Waals surface area (Å²) in [4.78, 5) is 6.06. The standard InChI is InChI=1S/C15H15F3N2O/c16-15(17,18)12-1-2-19-5-13(12)21-14-10-3-9-4-11(14)8-20(6-9)7-10/h1-2,5,7,9,11,14H,3-4,6,8H2/t9?,11?,14-/m1/s1. The Bertz CT molecular complexity index is 599. The van der Waals surface area contributed by atoms with E-state index in [9.17, 15) is 13.2 Å². The predicted octanol–water partition coefficient (Wildman–Crippen LogP) is 3.09. The Morgan fingerprint density at radius 3 is 2.86 bits per heavy atom. The molecule has 3 nitrogen and oxygen atoms in total. The lowest BCUT2D eigenvalue weighted by molar-refractivity contribution is -0.139. The summed E-state index contributed by atoms with van der Waals surface area (Å²) in [6, 6.07) is 0.975. The van der Waals surface area contributed by atoms with Crippen molar-refractivity contribution in [3.05, 3.63) is 35.8 Å². The summed E-state index contributed by atoms with van der Waals surface area (Å²) < 4.78 is 44.9. The highest BCUT2D eigenvalue weighted by atomic mass is 19.4. The van der Waals surface area contributed by atoms with Crippen LogP contribution in [-0.4, -0.2) is 29.1 Å². The smallest absolute Gasteiger partial charge is 0.420 e. The minimum absolute atomic E-state index is 0.154. The van der Waals surface area contributed by atoms with Crippen molar-refractivity contribution in [2.75, 3.05) is 13.1 Å². The van der Waals surface area contributed by atoms with Gasteiger partial charge >= 0.3 is 6.18 Å². The number of nitrogens with zero attached hydrogens (tertiary/aromatic N) is 2. The van der Waals surface area contributed by atoms with Crippen LogP contribution in [0.3, 0.4) is 0 Å². The van der Waals surface area contributed by atoms with Crippen LogP contribution in [0.4, 0.5) is 13.2 Å². The van der Waals surface area contributed by atoms with Gasteiger partial charge in [0.05, 0.1) is 6.20 Å². The Labute approximate surface area is 120 Å². The summed E-state index contributed by atoms with van der Waals surface area (Å²) in [6.07, 6.45) is 1.73. The Hall–Kier alpha value is -1.72. The largest absolute Gasteiger partial charge is 0.483 e. The number of alkyl halides is 3. The Morgan fingerprint density at radius 2 is 2.14 bits per heavy atom. The molecule has 1 aromatic heterocycles. The van der Waals surface area contributed by atoms with E-state index in [1.165, 1.54) is 6.20 Å². The number of hydrogen-bond acceptors (Lipinski definition) is 3. The van der Waals surface area contributed by atoms with Crippen LogP contribution < -0.4 is 4.74 Å². The van der Waals surface area contributed by atoms with Crippen molar-refractivity contribution in [1.29, 1.82) is 0 Å². The monoisotopic (exact) mass is 296 g/mol. The van der Waals surface area contributed by atoms with Crippen LogP contribution in [0.5, 0.6) is 5.75 Å². The molecule has 4 aliphatic rings. The van der Waals surface area contributed by atoms with Crippen LogP contribution in [0, 0.1) is 11.8 Å². The topological polar surface area (TPSA) is 25.4 Å². The van der Waals surface area contributed by atoms with Crippen molar-refractivity contribution in [2.24, 2.45) is 11.8 Å². The van der Waals surface area contributed by atoms with E-state index in [-0.39, 0.29) is 11.9 Å². The van der Waals surface area contributed by atoms with E-state index in [4.69, 9.17) is 4.74 Å². The van der Waals surface area contributed by atoms with Crippen LogP contribution in [0.2, 0.25) is 0 Å². The molecule has 3 aliphatic heterocycles. The van der Waals surface area contributed by atoms with Crippen molar-refractivity contribution >= 4 is 0 Å². The molecule has 1 saturated heterocycles. The number of ether oxygens (including phenoxy) is 1. The maximum Gasteiger partial charge on any atom is 0.420 e. The quantitative estimate of drug-likeness (QED) is 0.838. The number of rotatable bonds is 2. The molecule has 1 aliphatic carbocycles. The first-order valence-electron chi connectivity index (χ1n) is 7.13. The van der Waals surface area contributed by atoms with Crippen molar-refractivity contribution in [1.82, 2.24) is 9.88 Å². The third kappa shape index (κ3) is 2.17. The van der Waals surface area contributed by atoms with Crippen molar-refractivity contribution in [3.63, 3.8) is 0 Å². The first-order chi connectivity index (χ1) is 10.0. The summed E-state index contributed by atoms with van der Waals surface area (Å²) in [7, 11) is 0. The molecule has 4 heterocycles. The van der Waals surface area contributed by atoms with Gasteiger partial charge in [-0.05, 0) is 30.4 Å². The molecule has 1 saturated carbocycles. The van der Waals surface area contributed by atoms with Gasteiger partial charge in [0.1, 0.15) is 11.7 Å². The van der Waals surface area contributed by atoms with Crippen LogP contribution >= 0.6 is 0 Å². The molecular weight excluding hydrogens is 281 g/mol. The SMILES string of the molecule is FC(F)(F)c1ccncc1O[C@@H]1C2=CN3CC(C2)CC1C3. The number of hydrogen-bond donors (Lipinski definition) is 0. The predicted molar refractivity (Wildman–Crippen MR) is 69.5 cm³/mol. The number of aromatic nitrogens is 1. The lowest BCUT2D eigenvalue weighted by atomic mass is 9.71. The molecule has 4 bridgehead atoms. The Morgan fingerprint density at radius 1 is 1.29 bits per heavy atom. The van der Waals surface area contributed by atoms with Crippen LogP contribution in [0.25, 0.3) is 0 Å². The maximum absolute atomic E-state index is 13.0. The second kappa shape index (κ2) is 4.39. The van der Waals surface area contributed by atoms with Gasteiger partial charge in [-0.15, -0.1) is 0 Å². The summed E-state index contributed by atoms with van der Waals surface area (Å²) in [6.45, 7) is 1.96. The molecule has 0 spiro atoms. The lowest BCUT2D eigenvalue weighted by Gasteiger charge is -2.50. The fourth-order valence-electron chi connectivity index (χ4n) is 3.89. The minimum atomic E-state index is -4.41. The molecule has 0 radical (unpaired) electrons. The molecule has 6 heteroatoms. The van der Waals surface area contributed by atoms with Gasteiger partial charge in [0, 0.05) is 31.4 Å². The minimum Gasteiger partial charge on any atom is -0.483 e. The maximum atomic E-state index is 13.0. The highest BCUT2D eigenvalue weighted by Gasteiger charge is 2.45. The molecule has 5 rings (SSSR count). The number of halogens is 3. The van der Waals surface area contributed by atoms with E-state index in [2.05, 4.69) is 16.1 Å². The number of pyridine rings is 1. The van der Waals surface area contributed by atoms with Gasteiger partial charge in [0.2, 0.25) is 0 Å². The third-order valence-corrected chi connectivity index (χ3v) is 4.61. The second-order valence-corrected chi connectivity index (χ2v) is 6.13. The summed E-state index contributed by atoms with van der Waals surface area (Å²) in [5.74, 6) is 0.775. The highest BCUT2D eigenvalue weighted by Crippen LogP contribution is 2.45. The van der Waals surface area contributed by atoms with E-state index in [0.717, 1.165) is 43.8 Å². The molecule has 1 aromatic rings. The normalized spacial score (nSPS) is 30.5. The fraction of sp³-hybridized carbons (Fsp3) is 0.533. The van der Waals surface area contributed by atoms with Crippen LogP contribution in [0.1, 0.15) is 18.4 Å². The van der Waals surface area contributed by atoms with Gasteiger partial charge < -0.3 is 9.64 Å². The molecule has 21 heavy (non-hydrogen) atoms. The van der Waals surface area contributed by atoms with Crippen molar-refractivity contribution in [2.45, 2.75) is 25.1 Å². The van der Waals surface area contributed by atoms with Crippen LogP contribution in [0.15, 0.2) is 30.2 Å². The average Bonchev–Trinajstić information content (AvgIpc) is 2.41. The molecule has 0 N–H and O–H groups in total.